The maximum Gasteiger partial charge on any atom is 0.347 e. The lowest BCUT2D eigenvalue weighted by molar-refractivity contribution is 0.0700. The smallest absolute Gasteiger partial charge is 0.347 e. The van der Waals surface area contributed by atoms with Gasteiger partial charge in [0.05, 0.1) is 17.0 Å². The number of aryl methyl sites for hydroxylation is 2. The standard InChI is InChI=1S/C12H15N3O2S/c1-6(2)9-10(12(16)17)18-11(13-9)8-5-15(4)14-7(8)3/h5-6H,1-4H3,(H,16,17). The number of hydrogen-bond donors (Lipinski definition) is 1. The Morgan fingerprint density at radius 1 is 1.50 bits per heavy atom. The second kappa shape index (κ2) is 4.53. The van der Waals surface area contributed by atoms with Gasteiger partial charge in [-0.3, -0.25) is 4.68 Å². The molecule has 0 radical (unpaired) electrons. The molecule has 0 aliphatic rings. The van der Waals surface area contributed by atoms with E-state index in [-0.39, 0.29) is 5.92 Å². The summed E-state index contributed by atoms with van der Waals surface area (Å²) in [4.78, 5) is 16.0. The SMILES string of the molecule is Cc1nn(C)cc1-c1nc(C(C)C)c(C(=O)O)s1. The zero-order chi connectivity index (χ0) is 13.4. The van der Waals surface area contributed by atoms with Crippen LogP contribution < -0.4 is 0 Å². The molecule has 0 aliphatic heterocycles. The highest BCUT2D eigenvalue weighted by Gasteiger charge is 2.21. The average Bonchev–Trinajstić information content (AvgIpc) is 2.81. The quantitative estimate of drug-likeness (QED) is 0.926. The van der Waals surface area contributed by atoms with Gasteiger partial charge in [-0.05, 0) is 12.8 Å². The van der Waals surface area contributed by atoms with Crippen LogP contribution in [0.15, 0.2) is 6.20 Å². The second-order valence-corrected chi connectivity index (χ2v) is 5.49. The molecule has 2 rings (SSSR count). The first-order chi connectivity index (χ1) is 8.40. The van der Waals surface area contributed by atoms with Crippen molar-refractivity contribution in [1.29, 1.82) is 0 Å². The van der Waals surface area contributed by atoms with Gasteiger partial charge in [-0.1, -0.05) is 13.8 Å². The topological polar surface area (TPSA) is 68.0 Å². The van der Waals surface area contributed by atoms with Gasteiger partial charge in [0.15, 0.2) is 0 Å². The van der Waals surface area contributed by atoms with Crippen LogP contribution in [0.2, 0.25) is 0 Å². The first-order valence-corrected chi connectivity index (χ1v) is 6.46. The van der Waals surface area contributed by atoms with Crippen LogP contribution in [0, 0.1) is 6.92 Å². The number of aromatic nitrogens is 3. The van der Waals surface area contributed by atoms with E-state index in [4.69, 9.17) is 0 Å². The molecule has 6 heteroatoms. The van der Waals surface area contributed by atoms with E-state index in [0.29, 0.717) is 10.6 Å². The molecule has 96 valence electrons. The summed E-state index contributed by atoms with van der Waals surface area (Å²) in [5.74, 6) is -0.818. The van der Waals surface area contributed by atoms with Gasteiger partial charge < -0.3 is 5.11 Å². The van der Waals surface area contributed by atoms with Crippen LogP contribution in [-0.2, 0) is 7.05 Å². The number of rotatable bonds is 3. The number of thiazole rings is 1. The average molecular weight is 265 g/mol. The van der Waals surface area contributed by atoms with Crippen molar-refractivity contribution in [2.45, 2.75) is 26.7 Å². The van der Waals surface area contributed by atoms with E-state index < -0.39 is 5.97 Å². The number of carboxylic acid groups (broad SMARTS) is 1. The number of carboxylic acids is 1. The zero-order valence-electron chi connectivity index (χ0n) is 10.8. The van der Waals surface area contributed by atoms with Gasteiger partial charge in [-0.2, -0.15) is 5.10 Å². The first-order valence-electron chi connectivity index (χ1n) is 5.64. The van der Waals surface area contributed by atoms with Crippen LogP contribution in [0.1, 0.15) is 40.8 Å². The summed E-state index contributed by atoms with van der Waals surface area (Å²) in [5.41, 5.74) is 2.40. The van der Waals surface area contributed by atoms with E-state index in [1.165, 1.54) is 11.3 Å². The maximum absolute atomic E-state index is 11.2. The Bertz CT molecular complexity index is 598. The highest BCUT2D eigenvalue weighted by Crippen LogP contribution is 2.32. The predicted molar refractivity (Wildman–Crippen MR) is 70.1 cm³/mol. The molecule has 5 nitrogen and oxygen atoms in total. The largest absolute Gasteiger partial charge is 0.477 e. The lowest BCUT2D eigenvalue weighted by atomic mass is 10.1. The molecule has 0 spiro atoms. The fourth-order valence-corrected chi connectivity index (χ4v) is 2.92. The second-order valence-electron chi connectivity index (χ2n) is 4.50. The molecule has 1 N–H and O–H groups in total. The predicted octanol–water partition coefficient (Wildman–Crippen LogP) is 2.67. The van der Waals surface area contributed by atoms with Crippen molar-refractivity contribution in [3.8, 4) is 10.6 Å². The minimum atomic E-state index is -0.913. The molecule has 0 aromatic carbocycles. The van der Waals surface area contributed by atoms with Gasteiger partial charge >= 0.3 is 5.97 Å². The van der Waals surface area contributed by atoms with Crippen molar-refractivity contribution in [2.24, 2.45) is 7.05 Å². The van der Waals surface area contributed by atoms with Gasteiger partial charge in [0.25, 0.3) is 0 Å². The molecule has 18 heavy (non-hydrogen) atoms. The summed E-state index contributed by atoms with van der Waals surface area (Å²) in [7, 11) is 1.84. The van der Waals surface area contributed by atoms with E-state index in [1.807, 2.05) is 34.0 Å². The molecule has 0 unspecified atom stereocenters. The third-order valence-electron chi connectivity index (χ3n) is 2.64. The monoisotopic (exact) mass is 265 g/mol. The van der Waals surface area contributed by atoms with E-state index in [0.717, 1.165) is 16.3 Å². The summed E-state index contributed by atoms with van der Waals surface area (Å²) in [6.45, 7) is 5.79. The van der Waals surface area contributed by atoms with Crippen LogP contribution >= 0.6 is 11.3 Å². The molecule has 2 aromatic heterocycles. The van der Waals surface area contributed by atoms with Crippen LogP contribution in [0.25, 0.3) is 10.6 Å². The third-order valence-corrected chi connectivity index (χ3v) is 3.73. The van der Waals surface area contributed by atoms with E-state index in [9.17, 15) is 9.90 Å². The Kier molecular flexibility index (Phi) is 3.21. The lowest BCUT2D eigenvalue weighted by Crippen LogP contribution is -2.00. The summed E-state index contributed by atoms with van der Waals surface area (Å²) < 4.78 is 1.71. The fraction of sp³-hybridized carbons (Fsp3) is 0.417. The number of nitrogens with zero attached hydrogens (tertiary/aromatic N) is 3. The van der Waals surface area contributed by atoms with E-state index in [1.54, 1.807) is 4.68 Å². The van der Waals surface area contributed by atoms with Gasteiger partial charge in [0.2, 0.25) is 0 Å². The van der Waals surface area contributed by atoms with Crippen LogP contribution in [-0.4, -0.2) is 25.8 Å². The molecule has 0 fully saturated rings. The molecule has 0 aliphatic carbocycles. The summed E-state index contributed by atoms with van der Waals surface area (Å²) >= 11 is 1.21. The number of hydrogen-bond acceptors (Lipinski definition) is 4. The minimum Gasteiger partial charge on any atom is -0.477 e. The van der Waals surface area contributed by atoms with Gasteiger partial charge in [-0.25, -0.2) is 9.78 Å². The summed E-state index contributed by atoms with van der Waals surface area (Å²) in [6.07, 6.45) is 1.86. The molecule has 2 aromatic rings. The van der Waals surface area contributed by atoms with Crippen LogP contribution in [0.5, 0.6) is 0 Å². The molecule has 0 amide bonds. The molecule has 0 saturated carbocycles. The molecule has 0 atom stereocenters. The van der Waals surface area contributed by atoms with Crippen molar-refractivity contribution in [3.05, 3.63) is 22.5 Å². The molecule has 0 saturated heterocycles. The summed E-state index contributed by atoms with van der Waals surface area (Å²) in [5, 5.41) is 14.2. The molecular formula is C12H15N3O2S. The van der Waals surface area contributed by atoms with E-state index >= 15 is 0 Å². The van der Waals surface area contributed by atoms with Crippen molar-refractivity contribution < 1.29 is 9.90 Å². The normalized spacial score (nSPS) is 11.2. The van der Waals surface area contributed by atoms with Crippen molar-refractivity contribution in [3.63, 3.8) is 0 Å². The zero-order valence-corrected chi connectivity index (χ0v) is 11.6. The van der Waals surface area contributed by atoms with Gasteiger partial charge in [0, 0.05) is 13.2 Å². The Balaban J connectivity index is 2.56. The summed E-state index contributed by atoms with van der Waals surface area (Å²) in [6, 6.07) is 0. The Hall–Kier alpha value is -1.69. The van der Waals surface area contributed by atoms with Crippen LogP contribution in [0.4, 0.5) is 0 Å². The van der Waals surface area contributed by atoms with Crippen molar-refractivity contribution >= 4 is 17.3 Å². The highest BCUT2D eigenvalue weighted by atomic mass is 32.1. The van der Waals surface area contributed by atoms with Crippen molar-refractivity contribution in [1.82, 2.24) is 14.8 Å². The highest BCUT2D eigenvalue weighted by molar-refractivity contribution is 7.17. The molecule has 0 bridgehead atoms. The third kappa shape index (κ3) is 2.15. The number of carbonyl (C=O) groups is 1. The van der Waals surface area contributed by atoms with Gasteiger partial charge in [-0.15, -0.1) is 11.3 Å². The van der Waals surface area contributed by atoms with E-state index in [2.05, 4.69) is 10.1 Å². The maximum atomic E-state index is 11.2. The molecule has 2 heterocycles. The minimum absolute atomic E-state index is 0.0954. The Morgan fingerprint density at radius 2 is 2.17 bits per heavy atom. The fourth-order valence-electron chi connectivity index (χ4n) is 1.80. The molecular weight excluding hydrogens is 250 g/mol. The van der Waals surface area contributed by atoms with Gasteiger partial charge in [0.1, 0.15) is 9.88 Å². The van der Waals surface area contributed by atoms with Crippen LogP contribution in [0.3, 0.4) is 0 Å². The Labute approximate surface area is 109 Å². The lowest BCUT2D eigenvalue weighted by Gasteiger charge is -2.00. The number of aromatic carboxylic acids is 1. The first kappa shape index (κ1) is 12.8. The van der Waals surface area contributed by atoms with Crippen molar-refractivity contribution in [2.75, 3.05) is 0 Å². The Morgan fingerprint density at radius 3 is 2.56 bits per heavy atom.